The van der Waals surface area contributed by atoms with Crippen LogP contribution in [0.3, 0.4) is 0 Å². The molecule has 0 aliphatic heterocycles. The Morgan fingerprint density at radius 3 is 2.81 bits per heavy atom. The number of nitrogens with zero attached hydrogens (tertiary/aromatic N) is 2. The van der Waals surface area contributed by atoms with E-state index in [-0.39, 0.29) is 5.78 Å². The molecule has 0 radical (unpaired) electrons. The van der Waals surface area contributed by atoms with E-state index in [2.05, 4.69) is 22.5 Å². The number of fused-ring (bicyclic) bond motifs is 1. The lowest BCUT2D eigenvalue weighted by atomic mass is 10.1. The van der Waals surface area contributed by atoms with Crippen LogP contribution >= 0.6 is 11.3 Å². The summed E-state index contributed by atoms with van der Waals surface area (Å²) >= 11 is 1.52. The molecule has 0 atom stereocenters. The molecule has 0 fully saturated rings. The molecule has 0 N–H and O–H groups in total. The number of benzene rings is 1. The molecule has 0 amide bonds. The van der Waals surface area contributed by atoms with Gasteiger partial charge >= 0.3 is 0 Å². The van der Waals surface area contributed by atoms with Crippen LogP contribution in [0.1, 0.15) is 34.4 Å². The normalized spacial score (nSPS) is 11.1. The molecule has 2 aromatic heterocycles. The van der Waals surface area contributed by atoms with Crippen molar-refractivity contribution in [3.8, 4) is 0 Å². The van der Waals surface area contributed by atoms with E-state index in [0.717, 1.165) is 40.3 Å². The van der Waals surface area contributed by atoms with Crippen LogP contribution < -0.4 is 0 Å². The Morgan fingerprint density at radius 1 is 1.29 bits per heavy atom. The summed E-state index contributed by atoms with van der Waals surface area (Å²) in [6, 6.07) is 10.1. The molecule has 3 aromatic rings. The number of ketones is 1. The van der Waals surface area contributed by atoms with Crippen molar-refractivity contribution < 1.29 is 4.79 Å². The molecule has 21 heavy (non-hydrogen) atoms. The van der Waals surface area contributed by atoms with Crippen LogP contribution in [0, 0.1) is 6.92 Å². The van der Waals surface area contributed by atoms with E-state index in [9.17, 15) is 4.79 Å². The van der Waals surface area contributed by atoms with Gasteiger partial charge in [-0.05, 0) is 42.5 Å². The maximum atomic E-state index is 12.5. The lowest BCUT2D eigenvalue weighted by Crippen LogP contribution is -2.10. The molecule has 0 spiro atoms. The number of Topliss-reactive ketones (excluding diaryl/α,β-unsaturated/α-hetero) is 1. The second kappa shape index (κ2) is 5.82. The van der Waals surface area contributed by atoms with Gasteiger partial charge in [0.05, 0.1) is 22.3 Å². The molecule has 0 saturated heterocycles. The summed E-state index contributed by atoms with van der Waals surface area (Å²) in [7, 11) is 0. The van der Waals surface area contributed by atoms with Gasteiger partial charge in [0.25, 0.3) is 0 Å². The zero-order valence-corrected chi connectivity index (χ0v) is 13.1. The minimum absolute atomic E-state index is 0.162. The van der Waals surface area contributed by atoms with Gasteiger partial charge in [-0.3, -0.25) is 4.79 Å². The number of aryl methyl sites for hydroxylation is 2. The number of para-hydroxylation sites is 2. The summed E-state index contributed by atoms with van der Waals surface area (Å²) < 4.78 is 2.18. The van der Waals surface area contributed by atoms with Gasteiger partial charge in [-0.25, -0.2) is 4.98 Å². The first kappa shape index (κ1) is 14.0. The minimum atomic E-state index is 0.162. The third kappa shape index (κ3) is 2.63. The van der Waals surface area contributed by atoms with Crippen LogP contribution in [-0.2, 0) is 13.0 Å². The number of thiophene rings is 1. The third-order valence-electron chi connectivity index (χ3n) is 3.61. The van der Waals surface area contributed by atoms with Gasteiger partial charge < -0.3 is 4.57 Å². The van der Waals surface area contributed by atoms with E-state index in [1.165, 1.54) is 11.3 Å². The first-order chi connectivity index (χ1) is 10.2. The molecular formula is C17H18N2OS. The highest BCUT2D eigenvalue weighted by Gasteiger charge is 2.16. The standard InChI is InChI=1S/C17H18N2OS/c1-3-9-19-14-7-5-4-6-13(14)18-16(19)11-15(20)17-12(2)8-10-21-17/h4-8,10H,3,9,11H2,1-2H3. The van der Waals surface area contributed by atoms with Gasteiger partial charge in [-0.2, -0.15) is 0 Å². The number of carbonyl (C=O) groups is 1. The van der Waals surface area contributed by atoms with Crippen molar-refractivity contribution in [3.05, 3.63) is 52.0 Å². The van der Waals surface area contributed by atoms with Gasteiger partial charge in [-0.15, -0.1) is 11.3 Å². The van der Waals surface area contributed by atoms with E-state index in [1.807, 2.05) is 36.6 Å². The van der Waals surface area contributed by atoms with Crippen LogP contribution in [0.4, 0.5) is 0 Å². The molecule has 1 aromatic carbocycles. The highest BCUT2D eigenvalue weighted by molar-refractivity contribution is 7.12. The van der Waals surface area contributed by atoms with Crippen molar-refractivity contribution in [2.45, 2.75) is 33.2 Å². The zero-order valence-electron chi connectivity index (χ0n) is 12.3. The lowest BCUT2D eigenvalue weighted by Gasteiger charge is -2.07. The van der Waals surface area contributed by atoms with E-state index in [4.69, 9.17) is 0 Å². The van der Waals surface area contributed by atoms with Crippen LogP contribution in [0.2, 0.25) is 0 Å². The second-order valence-electron chi connectivity index (χ2n) is 5.20. The molecule has 108 valence electrons. The monoisotopic (exact) mass is 298 g/mol. The maximum Gasteiger partial charge on any atom is 0.180 e. The maximum absolute atomic E-state index is 12.5. The van der Waals surface area contributed by atoms with Gasteiger partial charge in [0.2, 0.25) is 0 Å². The predicted molar refractivity (Wildman–Crippen MR) is 87.1 cm³/mol. The Kier molecular flexibility index (Phi) is 3.88. The second-order valence-corrected chi connectivity index (χ2v) is 6.12. The summed E-state index contributed by atoms with van der Waals surface area (Å²) in [5.41, 5.74) is 3.14. The Morgan fingerprint density at radius 2 is 2.10 bits per heavy atom. The Labute approximate surface area is 128 Å². The Hall–Kier alpha value is -1.94. The zero-order chi connectivity index (χ0) is 14.8. The molecular weight excluding hydrogens is 280 g/mol. The summed E-state index contributed by atoms with van der Waals surface area (Å²) in [5.74, 6) is 1.03. The molecule has 2 heterocycles. The molecule has 0 aliphatic carbocycles. The molecule has 3 nitrogen and oxygen atoms in total. The third-order valence-corrected chi connectivity index (χ3v) is 4.67. The molecule has 0 aliphatic rings. The van der Waals surface area contributed by atoms with Crippen LogP contribution in [0.25, 0.3) is 11.0 Å². The lowest BCUT2D eigenvalue weighted by molar-refractivity contribution is 0.0993. The minimum Gasteiger partial charge on any atom is -0.328 e. The number of carbonyl (C=O) groups excluding carboxylic acids is 1. The number of hydrogen-bond acceptors (Lipinski definition) is 3. The average molecular weight is 298 g/mol. The van der Waals surface area contributed by atoms with E-state index >= 15 is 0 Å². The van der Waals surface area contributed by atoms with E-state index in [1.54, 1.807) is 0 Å². The first-order valence-corrected chi connectivity index (χ1v) is 8.10. The summed E-state index contributed by atoms with van der Waals surface area (Å²) in [5, 5.41) is 1.97. The predicted octanol–water partition coefficient (Wildman–Crippen LogP) is 4.24. The van der Waals surface area contributed by atoms with E-state index < -0.39 is 0 Å². The Bertz CT molecular complexity index is 785. The van der Waals surface area contributed by atoms with Crippen molar-refractivity contribution in [2.24, 2.45) is 0 Å². The fraction of sp³-hybridized carbons (Fsp3) is 0.294. The quantitative estimate of drug-likeness (QED) is 0.660. The number of aromatic nitrogens is 2. The van der Waals surface area contributed by atoms with Crippen molar-refractivity contribution in [1.82, 2.24) is 9.55 Å². The van der Waals surface area contributed by atoms with Crippen molar-refractivity contribution in [3.63, 3.8) is 0 Å². The van der Waals surface area contributed by atoms with E-state index in [0.29, 0.717) is 6.42 Å². The SMILES string of the molecule is CCCn1c(CC(=O)c2sccc2C)nc2ccccc21. The molecule has 0 saturated carbocycles. The number of imidazole rings is 1. The molecule has 0 unspecified atom stereocenters. The summed E-state index contributed by atoms with van der Waals surface area (Å²) in [4.78, 5) is 18.0. The topological polar surface area (TPSA) is 34.9 Å². The van der Waals surface area contributed by atoms with Crippen molar-refractivity contribution in [2.75, 3.05) is 0 Å². The number of rotatable bonds is 5. The summed E-state index contributed by atoms with van der Waals surface area (Å²) in [6.45, 7) is 5.02. The highest BCUT2D eigenvalue weighted by atomic mass is 32.1. The van der Waals surface area contributed by atoms with Gasteiger partial charge in [0.15, 0.2) is 5.78 Å². The number of hydrogen-bond donors (Lipinski definition) is 0. The average Bonchev–Trinajstić information content (AvgIpc) is 3.04. The van der Waals surface area contributed by atoms with Crippen LogP contribution in [0.5, 0.6) is 0 Å². The largest absolute Gasteiger partial charge is 0.328 e. The van der Waals surface area contributed by atoms with Crippen molar-refractivity contribution in [1.29, 1.82) is 0 Å². The van der Waals surface area contributed by atoms with Crippen LogP contribution in [-0.4, -0.2) is 15.3 Å². The fourth-order valence-electron chi connectivity index (χ4n) is 2.62. The van der Waals surface area contributed by atoms with Gasteiger partial charge in [-0.1, -0.05) is 19.1 Å². The Balaban J connectivity index is 1.98. The smallest absolute Gasteiger partial charge is 0.180 e. The van der Waals surface area contributed by atoms with Gasteiger partial charge in [0, 0.05) is 6.54 Å². The highest BCUT2D eigenvalue weighted by Crippen LogP contribution is 2.21. The summed E-state index contributed by atoms with van der Waals surface area (Å²) in [6.07, 6.45) is 1.40. The van der Waals surface area contributed by atoms with Crippen molar-refractivity contribution >= 4 is 28.2 Å². The fourth-order valence-corrected chi connectivity index (χ4v) is 3.48. The molecule has 3 rings (SSSR count). The van der Waals surface area contributed by atoms with Crippen LogP contribution in [0.15, 0.2) is 35.7 Å². The van der Waals surface area contributed by atoms with Gasteiger partial charge in [0.1, 0.15) is 5.82 Å². The first-order valence-electron chi connectivity index (χ1n) is 7.22. The molecule has 0 bridgehead atoms. The molecule has 4 heteroatoms.